The van der Waals surface area contributed by atoms with Gasteiger partial charge in [0.2, 0.25) is 11.8 Å². The van der Waals surface area contributed by atoms with Crippen LogP contribution in [0.4, 0.5) is 5.13 Å². The van der Waals surface area contributed by atoms with E-state index in [1.165, 1.54) is 17.4 Å². The zero-order valence-electron chi connectivity index (χ0n) is 15.2. The summed E-state index contributed by atoms with van der Waals surface area (Å²) >= 11 is 1.35. The van der Waals surface area contributed by atoms with Gasteiger partial charge >= 0.3 is 0 Å². The summed E-state index contributed by atoms with van der Waals surface area (Å²) in [6.45, 7) is 0.550. The van der Waals surface area contributed by atoms with Crippen molar-refractivity contribution < 1.29 is 19.1 Å². The molecule has 0 saturated carbocycles. The number of aromatic nitrogens is 1. The minimum Gasteiger partial charge on any atom is -0.497 e. The van der Waals surface area contributed by atoms with Gasteiger partial charge in [0.25, 0.3) is 0 Å². The molecule has 0 spiro atoms. The molecule has 0 radical (unpaired) electrons. The number of hydrogen-bond donors (Lipinski definition) is 1. The summed E-state index contributed by atoms with van der Waals surface area (Å²) < 4.78 is 10.5. The van der Waals surface area contributed by atoms with Crippen LogP contribution in [-0.4, -0.2) is 48.5 Å². The van der Waals surface area contributed by atoms with E-state index in [0.29, 0.717) is 29.6 Å². The molecule has 8 heteroatoms. The minimum atomic E-state index is -0.488. The lowest BCUT2D eigenvalue weighted by Gasteiger charge is -2.22. The summed E-state index contributed by atoms with van der Waals surface area (Å²) in [5.41, 5.74) is 0.730. The second kappa shape index (κ2) is 8.68. The zero-order valence-corrected chi connectivity index (χ0v) is 16.0. The predicted molar refractivity (Wildman–Crippen MR) is 104 cm³/mol. The molecule has 0 bridgehead atoms. The van der Waals surface area contributed by atoms with Gasteiger partial charge in [-0.05, 0) is 37.1 Å². The van der Waals surface area contributed by atoms with Crippen molar-refractivity contribution in [3.05, 3.63) is 41.4 Å². The molecule has 1 aromatic heterocycles. The van der Waals surface area contributed by atoms with Gasteiger partial charge in [0.1, 0.15) is 17.5 Å². The molecule has 2 amide bonds. The number of anilines is 1. The fourth-order valence-corrected chi connectivity index (χ4v) is 3.54. The van der Waals surface area contributed by atoms with Crippen molar-refractivity contribution >= 4 is 34.4 Å². The summed E-state index contributed by atoms with van der Waals surface area (Å²) in [6, 6.07) is 4.87. The molecule has 27 heavy (non-hydrogen) atoms. The molecule has 3 rings (SSSR count). The Morgan fingerprint density at radius 3 is 2.89 bits per heavy atom. The van der Waals surface area contributed by atoms with E-state index in [1.807, 2.05) is 0 Å². The lowest BCUT2D eigenvalue weighted by atomic mass is 10.1. The van der Waals surface area contributed by atoms with Crippen molar-refractivity contribution in [2.45, 2.75) is 18.9 Å². The molecular weight excluding hydrogens is 366 g/mol. The Hall–Kier alpha value is -2.87. The molecule has 1 unspecified atom stereocenters. The lowest BCUT2D eigenvalue weighted by Crippen LogP contribution is -2.42. The third-order valence-electron chi connectivity index (χ3n) is 4.34. The molecule has 0 aliphatic carbocycles. The number of thiazole rings is 1. The Bertz CT molecular complexity index is 835. The Kier molecular flexibility index (Phi) is 6.08. The standard InChI is InChI=1S/C19H21N3O4S/c1-25-14-6-7-16(26-2)13(12-14)5-8-17(23)22-10-3-4-15(22)18(24)21-19-20-9-11-27-19/h5-9,11-12,15H,3-4,10H2,1-2H3,(H,20,21,24). The van der Waals surface area contributed by atoms with Crippen LogP contribution >= 0.6 is 11.3 Å². The number of rotatable bonds is 6. The second-order valence-corrected chi connectivity index (χ2v) is 6.85. The van der Waals surface area contributed by atoms with Crippen molar-refractivity contribution in [1.29, 1.82) is 0 Å². The van der Waals surface area contributed by atoms with Gasteiger partial charge in [-0.25, -0.2) is 4.98 Å². The molecule has 1 saturated heterocycles. The van der Waals surface area contributed by atoms with Crippen LogP contribution in [0.5, 0.6) is 11.5 Å². The van der Waals surface area contributed by atoms with Crippen molar-refractivity contribution in [3.63, 3.8) is 0 Å². The first-order chi connectivity index (χ1) is 13.1. The molecule has 1 aliphatic heterocycles. The van der Waals surface area contributed by atoms with Gasteiger partial charge in [-0.3, -0.25) is 9.59 Å². The number of hydrogen-bond acceptors (Lipinski definition) is 6. The monoisotopic (exact) mass is 387 g/mol. The number of likely N-dealkylation sites (tertiary alicyclic amines) is 1. The third kappa shape index (κ3) is 4.46. The molecule has 1 aromatic carbocycles. The van der Waals surface area contributed by atoms with E-state index in [1.54, 1.807) is 55.0 Å². The number of methoxy groups -OCH3 is 2. The van der Waals surface area contributed by atoms with Gasteiger partial charge in [-0.2, -0.15) is 0 Å². The smallest absolute Gasteiger partial charge is 0.248 e. The largest absolute Gasteiger partial charge is 0.497 e. The highest BCUT2D eigenvalue weighted by molar-refractivity contribution is 7.13. The fourth-order valence-electron chi connectivity index (χ4n) is 3.00. The maximum absolute atomic E-state index is 12.7. The highest BCUT2D eigenvalue weighted by atomic mass is 32.1. The third-order valence-corrected chi connectivity index (χ3v) is 5.03. The highest BCUT2D eigenvalue weighted by Crippen LogP contribution is 2.26. The van der Waals surface area contributed by atoms with Crippen LogP contribution in [0.15, 0.2) is 35.9 Å². The molecule has 7 nitrogen and oxygen atoms in total. The van der Waals surface area contributed by atoms with Crippen LogP contribution in [0.2, 0.25) is 0 Å². The number of amides is 2. The van der Waals surface area contributed by atoms with Crippen LogP contribution in [0.3, 0.4) is 0 Å². The molecule has 1 aliphatic rings. The van der Waals surface area contributed by atoms with E-state index in [2.05, 4.69) is 10.3 Å². The number of benzene rings is 1. The van der Waals surface area contributed by atoms with E-state index in [4.69, 9.17) is 9.47 Å². The number of carbonyl (C=O) groups excluding carboxylic acids is 2. The fraction of sp³-hybridized carbons (Fsp3) is 0.316. The number of nitrogens with zero attached hydrogens (tertiary/aromatic N) is 2. The molecule has 142 valence electrons. The highest BCUT2D eigenvalue weighted by Gasteiger charge is 2.33. The second-order valence-electron chi connectivity index (χ2n) is 5.96. The van der Waals surface area contributed by atoms with Crippen molar-refractivity contribution in [1.82, 2.24) is 9.88 Å². The molecule has 2 heterocycles. The molecule has 2 aromatic rings. The Balaban J connectivity index is 1.71. The van der Waals surface area contributed by atoms with Crippen LogP contribution in [0.25, 0.3) is 6.08 Å². The maximum Gasteiger partial charge on any atom is 0.248 e. The van der Waals surface area contributed by atoms with Crippen molar-refractivity contribution in [3.8, 4) is 11.5 Å². The normalized spacial score (nSPS) is 16.5. The SMILES string of the molecule is COc1ccc(OC)c(C=CC(=O)N2CCCC2C(=O)Nc2nccs2)c1. The van der Waals surface area contributed by atoms with Gasteiger partial charge in [-0.15, -0.1) is 11.3 Å². The zero-order chi connectivity index (χ0) is 19.2. The number of ether oxygens (including phenoxy) is 2. The topological polar surface area (TPSA) is 80.8 Å². The van der Waals surface area contributed by atoms with E-state index in [9.17, 15) is 9.59 Å². The molecule has 1 N–H and O–H groups in total. The summed E-state index contributed by atoms with van der Waals surface area (Å²) in [5.74, 6) is 0.893. The van der Waals surface area contributed by atoms with Gasteiger partial charge in [0.05, 0.1) is 14.2 Å². The van der Waals surface area contributed by atoms with Gasteiger partial charge < -0.3 is 19.7 Å². The maximum atomic E-state index is 12.7. The first-order valence-electron chi connectivity index (χ1n) is 8.53. The first kappa shape index (κ1) is 18.9. The molecular formula is C19H21N3O4S. The average Bonchev–Trinajstić information content (AvgIpc) is 3.37. The van der Waals surface area contributed by atoms with E-state index >= 15 is 0 Å². The Morgan fingerprint density at radius 2 is 2.19 bits per heavy atom. The van der Waals surface area contributed by atoms with E-state index < -0.39 is 6.04 Å². The predicted octanol–water partition coefficient (Wildman–Crippen LogP) is 2.80. The first-order valence-corrected chi connectivity index (χ1v) is 9.41. The lowest BCUT2D eigenvalue weighted by molar-refractivity contribution is -0.132. The van der Waals surface area contributed by atoms with Crippen molar-refractivity contribution in [2.24, 2.45) is 0 Å². The van der Waals surface area contributed by atoms with Crippen molar-refractivity contribution in [2.75, 3.05) is 26.1 Å². The van der Waals surface area contributed by atoms with Crippen LogP contribution in [-0.2, 0) is 9.59 Å². The molecule has 1 atom stereocenters. The average molecular weight is 387 g/mol. The summed E-state index contributed by atoms with van der Waals surface area (Å²) in [7, 11) is 3.15. The van der Waals surface area contributed by atoms with Gasteiger partial charge in [-0.1, -0.05) is 0 Å². The van der Waals surface area contributed by atoms with Crippen LogP contribution in [0.1, 0.15) is 18.4 Å². The number of nitrogens with one attached hydrogen (secondary N) is 1. The summed E-state index contributed by atoms with van der Waals surface area (Å²) in [4.78, 5) is 30.8. The van der Waals surface area contributed by atoms with E-state index in [-0.39, 0.29) is 11.8 Å². The van der Waals surface area contributed by atoms with E-state index in [0.717, 1.165) is 12.0 Å². The number of carbonyl (C=O) groups is 2. The summed E-state index contributed by atoms with van der Waals surface area (Å²) in [5, 5.41) is 5.10. The quantitative estimate of drug-likeness (QED) is 0.771. The van der Waals surface area contributed by atoms with Crippen LogP contribution in [0, 0.1) is 0 Å². The molecule has 1 fully saturated rings. The minimum absolute atomic E-state index is 0.205. The van der Waals surface area contributed by atoms with Gasteiger partial charge in [0, 0.05) is 29.8 Å². The van der Waals surface area contributed by atoms with Gasteiger partial charge in [0.15, 0.2) is 5.13 Å². The van der Waals surface area contributed by atoms with Crippen LogP contribution < -0.4 is 14.8 Å². The Labute approximate surface area is 161 Å². The summed E-state index contributed by atoms with van der Waals surface area (Å²) in [6.07, 6.45) is 6.20. The Morgan fingerprint density at radius 1 is 1.33 bits per heavy atom.